The zero-order valence-corrected chi connectivity index (χ0v) is 16.9. The van der Waals surface area contributed by atoms with Crippen LogP contribution in [0.25, 0.3) is 0 Å². The van der Waals surface area contributed by atoms with Gasteiger partial charge in [-0.05, 0) is 30.2 Å². The van der Waals surface area contributed by atoms with E-state index < -0.39 is 5.60 Å². The van der Waals surface area contributed by atoms with Crippen molar-refractivity contribution < 1.29 is 9.59 Å². The minimum Gasteiger partial charge on any atom is -0.385 e. The predicted molar refractivity (Wildman–Crippen MR) is 108 cm³/mol. The number of quaternary nitrogens is 1. The van der Waals surface area contributed by atoms with Crippen LogP contribution in [-0.2, 0) is 5.60 Å². The predicted octanol–water partition coefficient (Wildman–Crippen LogP) is 5.25. The normalized spacial score (nSPS) is 33.7. The van der Waals surface area contributed by atoms with E-state index in [2.05, 4.69) is 44.4 Å². The molecule has 1 aromatic rings. The minimum absolute atomic E-state index is 0.623. The fourth-order valence-electron chi connectivity index (χ4n) is 6.57. The molecule has 1 aliphatic carbocycles. The van der Waals surface area contributed by atoms with E-state index in [0.29, 0.717) is 11.8 Å². The van der Waals surface area contributed by atoms with Crippen LogP contribution in [0.4, 0.5) is 0 Å². The van der Waals surface area contributed by atoms with Crippen molar-refractivity contribution in [1.29, 1.82) is 0 Å². The zero-order valence-electron chi connectivity index (χ0n) is 16.9. The first-order valence-electron chi connectivity index (χ1n) is 11.1. The molecule has 144 valence electrons. The molecule has 4 atom stereocenters. The SMILES string of the molecule is C[N+]1(C)[C@@H]2CC[C@H]1CC(CC(O)(CC1CCCCC1)c1ccccc1)C2. The summed E-state index contributed by atoms with van der Waals surface area (Å²) in [4.78, 5) is 0. The van der Waals surface area contributed by atoms with Gasteiger partial charge in [-0.1, -0.05) is 62.4 Å². The van der Waals surface area contributed by atoms with E-state index in [1.807, 2.05) is 0 Å². The first-order chi connectivity index (χ1) is 12.5. The van der Waals surface area contributed by atoms with Crippen LogP contribution < -0.4 is 0 Å². The summed E-state index contributed by atoms with van der Waals surface area (Å²) in [5.74, 6) is 1.40. The van der Waals surface area contributed by atoms with Gasteiger partial charge in [0, 0.05) is 25.7 Å². The van der Waals surface area contributed by atoms with Crippen molar-refractivity contribution in [2.24, 2.45) is 11.8 Å². The summed E-state index contributed by atoms with van der Waals surface area (Å²) in [5.41, 5.74) is 0.541. The highest BCUT2D eigenvalue weighted by Crippen LogP contribution is 2.47. The smallest absolute Gasteiger partial charge is 0.0901 e. The highest BCUT2D eigenvalue weighted by Gasteiger charge is 2.50. The van der Waals surface area contributed by atoms with E-state index in [1.165, 1.54) is 62.3 Å². The van der Waals surface area contributed by atoms with Gasteiger partial charge in [0.05, 0.1) is 31.8 Å². The van der Waals surface area contributed by atoms with Gasteiger partial charge in [0.25, 0.3) is 0 Å². The summed E-state index contributed by atoms with van der Waals surface area (Å²) in [6.07, 6.45) is 14.1. The van der Waals surface area contributed by atoms with Gasteiger partial charge in [0.2, 0.25) is 0 Å². The molecule has 2 bridgehead atoms. The molecular weight excluding hydrogens is 318 g/mol. The number of nitrogens with zero attached hydrogens (tertiary/aromatic N) is 1. The lowest BCUT2D eigenvalue weighted by molar-refractivity contribution is -0.931. The Morgan fingerprint density at radius 3 is 2.04 bits per heavy atom. The maximum absolute atomic E-state index is 11.9. The van der Waals surface area contributed by atoms with Gasteiger partial charge in [0.15, 0.2) is 0 Å². The van der Waals surface area contributed by atoms with Crippen LogP contribution in [-0.4, -0.2) is 35.8 Å². The van der Waals surface area contributed by atoms with Crippen LogP contribution >= 0.6 is 0 Å². The lowest BCUT2D eigenvalue weighted by Gasteiger charge is -2.46. The van der Waals surface area contributed by atoms with E-state index in [9.17, 15) is 5.11 Å². The molecule has 26 heavy (non-hydrogen) atoms. The van der Waals surface area contributed by atoms with E-state index in [4.69, 9.17) is 0 Å². The molecule has 0 aromatic heterocycles. The van der Waals surface area contributed by atoms with Gasteiger partial charge in [-0.3, -0.25) is 0 Å². The monoisotopic (exact) mass is 356 g/mol. The Balaban J connectivity index is 1.52. The fourth-order valence-corrected chi connectivity index (χ4v) is 6.57. The Morgan fingerprint density at radius 2 is 1.42 bits per heavy atom. The van der Waals surface area contributed by atoms with Crippen LogP contribution in [0.3, 0.4) is 0 Å². The molecule has 2 aliphatic heterocycles. The molecule has 1 N–H and O–H groups in total. The number of hydrogen-bond acceptors (Lipinski definition) is 1. The maximum Gasteiger partial charge on any atom is 0.0901 e. The molecule has 2 heterocycles. The zero-order chi connectivity index (χ0) is 18.2. The summed E-state index contributed by atoms with van der Waals surface area (Å²) < 4.78 is 1.23. The summed E-state index contributed by atoms with van der Waals surface area (Å²) in [6.45, 7) is 0. The number of fused-ring (bicyclic) bond motifs is 2. The molecule has 3 fully saturated rings. The van der Waals surface area contributed by atoms with Crippen molar-refractivity contribution in [3.8, 4) is 0 Å². The van der Waals surface area contributed by atoms with Crippen LogP contribution in [0.2, 0.25) is 0 Å². The second-order valence-electron chi connectivity index (χ2n) is 10.2. The first-order valence-corrected chi connectivity index (χ1v) is 11.1. The third-order valence-electron chi connectivity index (χ3n) is 8.21. The molecule has 0 amide bonds. The van der Waals surface area contributed by atoms with E-state index in [0.717, 1.165) is 30.5 Å². The average molecular weight is 357 g/mol. The standard InChI is InChI=1S/C24H38NO/c1-25(2)22-13-14-23(25)16-20(15-22)18-24(26,21-11-7-4-8-12-21)17-19-9-5-3-6-10-19/h4,7-8,11-12,19-20,22-23,26H,3,5-6,9-10,13-18H2,1-2H3/q+1/t20?,22-,23+,24?. The quantitative estimate of drug-likeness (QED) is 0.714. The maximum atomic E-state index is 11.9. The number of rotatable bonds is 5. The molecule has 2 unspecified atom stereocenters. The van der Waals surface area contributed by atoms with E-state index in [1.54, 1.807) is 0 Å². The first kappa shape index (κ1) is 18.5. The Bertz CT molecular complexity index is 575. The molecular formula is C24H38NO+. The number of aliphatic hydroxyl groups is 1. The third-order valence-corrected chi connectivity index (χ3v) is 8.21. The van der Waals surface area contributed by atoms with Gasteiger partial charge in [0.1, 0.15) is 0 Å². The number of piperidine rings is 1. The molecule has 1 saturated carbocycles. The summed E-state index contributed by atoms with van der Waals surface area (Å²) in [5, 5.41) is 11.9. The summed E-state index contributed by atoms with van der Waals surface area (Å²) in [7, 11) is 4.87. The average Bonchev–Trinajstić information content (AvgIpc) is 2.80. The lowest BCUT2D eigenvalue weighted by Crippen LogP contribution is -2.55. The second kappa shape index (κ2) is 7.28. The Hall–Kier alpha value is -0.860. The summed E-state index contributed by atoms with van der Waals surface area (Å²) >= 11 is 0. The van der Waals surface area contributed by atoms with Crippen molar-refractivity contribution in [2.75, 3.05) is 14.1 Å². The van der Waals surface area contributed by atoms with Crippen LogP contribution in [0.15, 0.2) is 30.3 Å². The molecule has 3 aliphatic rings. The van der Waals surface area contributed by atoms with Gasteiger partial charge in [-0.25, -0.2) is 0 Å². The highest BCUT2D eigenvalue weighted by atomic mass is 16.3. The van der Waals surface area contributed by atoms with E-state index >= 15 is 0 Å². The fraction of sp³-hybridized carbons (Fsp3) is 0.750. The largest absolute Gasteiger partial charge is 0.385 e. The van der Waals surface area contributed by atoms with Crippen molar-refractivity contribution in [2.45, 2.75) is 88.3 Å². The Kier molecular flexibility index (Phi) is 5.18. The van der Waals surface area contributed by atoms with Gasteiger partial charge in [-0.2, -0.15) is 0 Å². The number of benzene rings is 1. The van der Waals surface area contributed by atoms with E-state index in [-0.39, 0.29) is 0 Å². The van der Waals surface area contributed by atoms with Crippen LogP contribution in [0.1, 0.15) is 76.2 Å². The van der Waals surface area contributed by atoms with Gasteiger partial charge in [-0.15, -0.1) is 0 Å². The molecule has 4 rings (SSSR count). The second-order valence-corrected chi connectivity index (χ2v) is 10.2. The molecule has 0 spiro atoms. The lowest BCUT2D eigenvalue weighted by atomic mass is 9.72. The minimum atomic E-state index is -0.623. The molecule has 2 saturated heterocycles. The summed E-state index contributed by atoms with van der Waals surface area (Å²) in [6, 6.07) is 12.2. The van der Waals surface area contributed by atoms with Gasteiger partial charge >= 0.3 is 0 Å². The third kappa shape index (κ3) is 3.60. The molecule has 2 heteroatoms. The van der Waals surface area contributed by atoms with Crippen molar-refractivity contribution in [1.82, 2.24) is 0 Å². The molecule has 1 aromatic carbocycles. The topological polar surface area (TPSA) is 20.2 Å². The van der Waals surface area contributed by atoms with Crippen molar-refractivity contribution in [3.63, 3.8) is 0 Å². The molecule has 0 radical (unpaired) electrons. The van der Waals surface area contributed by atoms with Crippen molar-refractivity contribution in [3.05, 3.63) is 35.9 Å². The van der Waals surface area contributed by atoms with Crippen molar-refractivity contribution >= 4 is 0 Å². The van der Waals surface area contributed by atoms with Crippen LogP contribution in [0, 0.1) is 11.8 Å². The molecule has 2 nitrogen and oxygen atoms in total. The highest BCUT2D eigenvalue weighted by molar-refractivity contribution is 5.22. The van der Waals surface area contributed by atoms with Gasteiger partial charge < -0.3 is 9.59 Å². The Morgan fingerprint density at radius 1 is 0.846 bits per heavy atom. The van der Waals surface area contributed by atoms with Crippen LogP contribution in [0.5, 0.6) is 0 Å². The number of hydrogen-bond donors (Lipinski definition) is 1. The Labute approximate surface area is 160 Å².